The van der Waals surface area contributed by atoms with Gasteiger partial charge < -0.3 is 15.2 Å². The zero-order chi connectivity index (χ0) is 27.4. The first-order valence-corrected chi connectivity index (χ1v) is 13.4. The van der Waals surface area contributed by atoms with Crippen molar-refractivity contribution in [2.24, 2.45) is 5.41 Å². The molecule has 3 aromatic rings. The monoisotopic (exact) mass is 499 g/mol. The fourth-order valence-electron chi connectivity index (χ4n) is 4.13. The summed E-state index contributed by atoms with van der Waals surface area (Å²) in [6.45, 7) is 17.4. The number of carbonyl (C=O) groups is 1. The van der Waals surface area contributed by atoms with Gasteiger partial charge in [0.25, 0.3) is 5.91 Å². The van der Waals surface area contributed by atoms with E-state index in [0.717, 1.165) is 41.7 Å². The number of aryl methyl sites for hydroxylation is 1. The first-order chi connectivity index (χ1) is 17.8. The van der Waals surface area contributed by atoms with Gasteiger partial charge in [-0.25, -0.2) is 0 Å². The summed E-state index contributed by atoms with van der Waals surface area (Å²) in [6, 6.07) is 18.0. The Morgan fingerprint density at radius 3 is 2.19 bits per heavy atom. The van der Waals surface area contributed by atoms with E-state index in [1.807, 2.05) is 76.2 Å². The molecule has 0 atom stereocenters. The molecule has 37 heavy (non-hydrogen) atoms. The van der Waals surface area contributed by atoms with Crippen LogP contribution in [0, 0.1) is 5.41 Å². The number of hydrogen-bond acceptors (Lipinski definition) is 2. The average Bonchev–Trinajstić information content (AvgIpc) is 3.26. The maximum atomic E-state index is 13.1. The lowest BCUT2D eigenvalue weighted by Crippen LogP contribution is -2.23. The van der Waals surface area contributed by atoms with Gasteiger partial charge >= 0.3 is 0 Å². The third-order valence-electron chi connectivity index (χ3n) is 6.24. The van der Waals surface area contributed by atoms with Crippen molar-refractivity contribution in [2.75, 3.05) is 10.6 Å². The van der Waals surface area contributed by atoms with Gasteiger partial charge in [0.15, 0.2) is 0 Å². The van der Waals surface area contributed by atoms with E-state index in [0.29, 0.717) is 5.69 Å². The zero-order valence-electron chi connectivity index (χ0n) is 24.0. The Bertz CT molecular complexity index is 1240. The first-order valence-electron chi connectivity index (χ1n) is 13.4. The van der Waals surface area contributed by atoms with Gasteiger partial charge in [-0.3, -0.25) is 4.79 Å². The summed E-state index contributed by atoms with van der Waals surface area (Å²) in [5.74, 6) is -0.0847. The molecule has 0 fully saturated rings. The van der Waals surface area contributed by atoms with Gasteiger partial charge in [0.05, 0.1) is 0 Å². The molecule has 0 bridgehead atoms. The van der Waals surface area contributed by atoms with E-state index in [2.05, 4.69) is 73.2 Å². The van der Waals surface area contributed by atoms with E-state index in [-0.39, 0.29) is 11.3 Å². The molecule has 4 heteroatoms. The van der Waals surface area contributed by atoms with E-state index in [1.54, 1.807) is 0 Å². The summed E-state index contributed by atoms with van der Waals surface area (Å²) < 4.78 is 2.14. The second-order valence-corrected chi connectivity index (χ2v) is 9.79. The quantitative estimate of drug-likeness (QED) is 0.318. The van der Waals surface area contributed by atoms with E-state index in [9.17, 15) is 4.79 Å². The van der Waals surface area contributed by atoms with Crippen molar-refractivity contribution >= 4 is 28.2 Å². The van der Waals surface area contributed by atoms with Crippen molar-refractivity contribution in [3.63, 3.8) is 0 Å². The van der Waals surface area contributed by atoms with Crippen LogP contribution in [0.1, 0.15) is 78.7 Å². The Balaban J connectivity index is 0.000000733. The van der Waals surface area contributed by atoms with Gasteiger partial charge in [0.2, 0.25) is 0 Å². The predicted octanol–water partition coefficient (Wildman–Crippen LogP) is 9.58. The lowest BCUT2D eigenvalue weighted by Gasteiger charge is -2.33. The van der Waals surface area contributed by atoms with E-state index < -0.39 is 0 Å². The molecule has 0 saturated heterocycles. The molecule has 1 amide bonds. The third-order valence-corrected chi connectivity index (χ3v) is 6.24. The van der Waals surface area contributed by atoms with Gasteiger partial charge in [-0.05, 0) is 82.3 Å². The fraction of sp³-hybridized carbons (Fsp3) is 0.364. The second-order valence-electron chi connectivity index (χ2n) is 9.79. The molecule has 1 aliphatic carbocycles. The summed E-state index contributed by atoms with van der Waals surface area (Å²) >= 11 is 0. The van der Waals surface area contributed by atoms with Crippen LogP contribution in [0.2, 0.25) is 0 Å². The number of para-hydroxylation sites is 1. The highest BCUT2D eigenvalue weighted by Gasteiger charge is 2.26. The molecular formula is C33H45N3O. The van der Waals surface area contributed by atoms with E-state index >= 15 is 0 Å². The predicted molar refractivity (Wildman–Crippen MR) is 162 cm³/mol. The molecule has 0 aliphatic heterocycles. The second kappa shape index (κ2) is 14.3. The molecule has 1 aliphatic rings. The Morgan fingerprint density at radius 2 is 1.62 bits per heavy atom. The number of anilines is 2. The molecule has 198 valence electrons. The van der Waals surface area contributed by atoms with Crippen LogP contribution in [-0.2, 0) is 6.54 Å². The van der Waals surface area contributed by atoms with Gasteiger partial charge in [-0.1, -0.05) is 75.8 Å². The third kappa shape index (κ3) is 8.52. The Hall–Kier alpha value is -3.53. The SMILES string of the molecule is C/C=C(\C)CCn1c(C(=O)Nc2ccccc2)cc2cc(NC3=CC(C)(C)C3)ccc21.C/C=C/C.CC. The highest BCUT2D eigenvalue weighted by Crippen LogP contribution is 2.38. The minimum absolute atomic E-state index is 0.0847. The van der Waals surface area contributed by atoms with Crippen molar-refractivity contribution in [3.8, 4) is 0 Å². The number of rotatable bonds is 7. The molecule has 0 spiro atoms. The van der Waals surface area contributed by atoms with Crippen LogP contribution in [0.15, 0.2) is 90.2 Å². The van der Waals surface area contributed by atoms with E-state index in [1.165, 1.54) is 11.3 Å². The topological polar surface area (TPSA) is 46.1 Å². The fourth-order valence-corrected chi connectivity index (χ4v) is 4.13. The lowest BCUT2D eigenvalue weighted by molar-refractivity contribution is 0.101. The molecule has 0 saturated carbocycles. The van der Waals surface area contributed by atoms with Crippen LogP contribution < -0.4 is 10.6 Å². The molecule has 2 aromatic carbocycles. The number of carbonyl (C=O) groups excluding carboxylic acids is 1. The molecule has 4 rings (SSSR count). The van der Waals surface area contributed by atoms with Crippen molar-refractivity contribution in [1.29, 1.82) is 0 Å². The van der Waals surface area contributed by atoms with Crippen LogP contribution in [0.25, 0.3) is 10.9 Å². The number of nitrogens with one attached hydrogen (secondary N) is 2. The lowest BCUT2D eigenvalue weighted by atomic mass is 9.77. The average molecular weight is 500 g/mol. The normalized spacial score (nSPS) is 14.1. The van der Waals surface area contributed by atoms with Gasteiger partial charge in [0, 0.05) is 34.5 Å². The van der Waals surface area contributed by atoms with Gasteiger partial charge in [0.1, 0.15) is 5.69 Å². The Labute approximate surface area is 224 Å². The molecule has 2 N–H and O–H groups in total. The Morgan fingerprint density at radius 1 is 0.973 bits per heavy atom. The number of nitrogens with zero attached hydrogens (tertiary/aromatic N) is 1. The smallest absolute Gasteiger partial charge is 0.272 e. The minimum Gasteiger partial charge on any atom is -0.359 e. The van der Waals surface area contributed by atoms with Crippen LogP contribution in [0.3, 0.4) is 0 Å². The van der Waals surface area contributed by atoms with Crippen LogP contribution in [0.5, 0.6) is 0 Å². The van der Waals surface area contributed by atoms with Crippen LogP contribution >= 0.6 is 0 Å². The molecule has 0 radical (unpaired) electrons. The standard InChI is InChI=1S/C27H31N3O.C4H8.C2H6/c1-5-19(2)13-14-30-24-12-11-22(28-23-17-27(3,4)18-23)15-20(24)16-25(30)26(31)29-21-9-7-6-8-10-21;1-3-4-2;1-2/h5-12,15-17,28H,13-14,18H2,1-4H3,(H,29,31);3-4H,1-2H3;1-2H3/b19-5+;4-3+;. The summed E-state index contributed by atoms with van der Waals surface area (Å²) in [5, 5.41) is 7.63. The molecular weight excluding hydrogens is 454 g/mol. The van der Waals surface area contributed by atoms with E-state index in [4.69, 9.17) is 0 Å². The largest absolute Gasteiger partial charge is 0.359 e. The van der Waals surface area contributed by atoms with Crippen molar-refractivity contribution in [1.82, 2.24) is 4.57 Å². The van der Waals surface area contributed by atoms with Crippen LogP contribution in [-0.4, -0.2) is 10.5 Å². The first kappa shape index (κ1) is 29.7. The maximum absolute atomic E-state index is 13.1. The van der Waals surface area contributed by atoms with Crippen molar-refractivity contribution in [2.45, 2.75) is 74.8 Å². The van der Waals surface area contributed by atoms with Gasteiger partial charge in [-0.15, -0.1) is 0 Å². The van der Waals surface area contributed by atoms with Crippen molar-refractivity contribution in [3.05, 3.63) is 95.9 Å². The summed E-state index contributed by atoms with van der Waals surface area (Å²) in [6.07, 6.45) is 10.4. The molecule has 1 aromatic heterocycles. The Kier molecular flexibility index (Phi) is 11.5. The number of hydrogen-bond donors (Lipinski definition) is 2. The molecule has 4 nitrogen and oxygen atoms in total. The highest BCUT2D eigenvalue weighted by molar-refractivity contribution is 6.06. The highest BCUT2D eigenvalue weighted by atomic mass is 16.1. The van der Waals surface area contributed by atoms with Crippen molar-refractivity contribution < 1.29 is 4.79 Å². The zero-order valence-corrected chi connectivity index (χ0v) is 24.0. The number of fused-ring (bicyclic) bond motifs is 1. The maximum Gasteiger partial charge on any atom is 0.272 e. The number of allylic oxidation sites excluding steroid dienone is 6. The van der Waals surface area contributed by atoms with Gasteiger partial charge in [-0.2, -0.15) is 0 Å². The number of aromatic nitrogens is 1. The molecule has 1 heterocycles. The van der Waals surface area contributed by atoms with Crippen LogP contribution in [0.4, 0.5) is 11.4 Å². The summed E-state index contributed by atoms with van der Waals surface area (Å²) in [4.78, 5) is 13.1. The minimum atomic E-state index is -0.0847. The number of amides is 1. The molecule has 0 unspecified atom stereocenters. The summed E-state index contributed by atoms with van der Waals surface area (Å²) in [7, 11) is 0. The number of benzene rings is 2. The summed E-state index contributed by atoms with van der Waals surface area (Å²) in [5.41, 5.74) is 6.48.